The summed E-state index contributed by atoms with van der Waals surface area (Å²) in [7, 11) is 0. The minimum atomic E-state index is -0.404. The van der Waals surface area contributed by atoms with E-state index in [1.54, 1.807) is 6.92 Å². The average molecular weight is 334 g/mol. The number of hydrogen-bond acceptors (Lipinski definition) is 3. The Balaban J connectivity index is 1.94. The van der Waals surface area contributed by atoms with Crippen LogP contribution >= 0.6 is 0 Å². The molecular weight excluding hydrogens is 304 g/mol. The van der Waals surface area contributed by atoms with Gasteiger partial charge in [-0.05, 0) is 32.3 Å². The van der Waals surface area contributed by atoms with Crippen LogP contribution in [0.2, 0.25) is 0 Å². The molecule has 0 bridgehead atoms. The number of rotatable bonds is 6. The van der Waals surface area contributed by atoms with Crippen LogP contribution in [0.1, 0.15) is 45.1 Å². The van der Waals surface area contributed by atoms with Crippen LogP contribution in [0.5, 0.6) is 0 Å². The molecule has 2 amide bonds. The number of benzene rings is 1. The first-order valence-electron chi connectivity index (χ1n) is 8.83. The molecule has 0 saturated carbocycles. The summed E-state index contributed by atoms with van der Waals surface area (Å²) in [6.07, 6.45) is 1.10. The van der Waals surface area contributed by atoms with Crippen LogP contribution in [-0.2, 0) is 4.74 Å². The number of hydrogen-bond donors (Lipinski definition) is 2. The monoisotopic (exact) mass is 334 g/mol. The van der Waals surface area contributed by atoms with E-state index in [4.69, 9.17) is 4.74 Å². The molecular formula is C19H30N2O3. The number of aliphatic hydroxyl groups excluding tert-OH is 1. The van der Waals surface area contributed by atoms with Crippen molar-refractivity contribution in [1.29, 1.82) is 0 Å². The van der Waals surface area contributed by atoms with Gasteiger partial charge in [-0.1, -0.05) is 37.3 Å². The molecule has 1 aliphatic heterocycles. The van der Waals surface area contributed by atoms with E-state index in [0.717, 1.165) is 12.0 Å². The fourth-order valence-electron chi connectivity index (χ4n) is 3.11. The lowest BCUT2D eigenvalue weighted by atomic mass is 9.93. The number of urea groups is 1. The highest BCUT2D eigenvalue weighted by molar-refractivity contribution is 5.74. The first kappa shape index (κ1) is 18.7. The molecule has 134 valence electrons. The van der Waals surface area contributed by atoms with E-state index in [-0.39, 0.29) is 17.6 Å². The van der Waals surface area contributed by atoms with Crippen molar-refractivity contribution in [3.05, 3.63) is 35.9 Å². The lowest BCUT2D eigenvalue weighted by molar-refractivity contribution is -0.0872. The standard InChI is InChI=1S/C19H30N2O3/c1-4-19(3)14-21(10-11-24-19)18(23)20-13-17(12-15(2)22)16-8-6-5-7-9-16/h5-9,15,17,22H,4,10-14H2,1-3H3,(H,20,23)/t15-,17+,19-/m1/s1. The van der Waals surface area contributed by atoms with Crippen LogP contribution in [0, 0.1) is 0 Å². The molecule has 1 aromatic rings. The zero-order valence-electron chi connectivity index (χ0n) is 15.0. The van der Waals surface area contributed by atoms with Gasteiger partial charge in [0.15, 0.2) is 0 Å². The van der Waals surface area contributed by atoms with E-state index in [2.05, 4.69) is 12.2 Å². The summed E-state index contributed by atoms with van der Waals surface area (Å²) in [5, 5.41) is 12.8. The molecule has 5 heteroatoms. The number of morpholine rings is 1. The second-order valence-electron chi connectivity index (χ2n) is 6.95. The molecule has 1 aliphatic rings. The second-order valence-corrected chi connectivity index (χ2v) is 6.95. The van der Waals surface area contributed by atoms with Crippen molar-refractivity contribution >= 4 is 6.03 Å². The van der Waals surface area contributed by atoms with Gasteiger partial charge in [-0.25, -0.2) is 4.79 Å². The fraction of sp³-hybridized carbons (Fsp3) is 0.632. The molecule has 1 saturated heterocycles. The van der Waals surface area contributed by atoms with Gasteiger partial charge in [0.1, 0.15) is 0 Å². The number of nitrogens with one attached hydrogen (secondary N) is 1. The van der Waals surface area contributed by atoms with Crippen molar-refractivity contribution in [2.45, 2.75) is 51.2 Å². The van der Waals surface area contributed by atoms with Crippen LogP contribution < -0.4 is 5.32 Å². The van der Waals surface area contributed by atoms with E-state index < -0.39 is 6.10 Å². The first-order valence-corrected chi connectivity index (χ1v) is 8.83. The summed E-state index contributed by atoms with van der Waals surface area (Å²) >= 11 is 0. The quantitative estimate of drug-likeness (QED) is 0.841. The van der Waals surface area contributed by atoms with Crippen LogP contribution in [0.3, 0.4) is 0 Å². The zero-order valence-corrected chi connectivity index (χ0v) is 15.0. The Morgan fingerprint density at radius 1 is 1.42 bits per heavy atom. The Morgan fingerprint density at radius 2 is 2.12 bits per heavy atom. The fourth-order valence-corrected chi connectivity index (χ4v) is 3.11. The van der Waals surface area contributed by atoms with Crippen molar-refractivity contribution < 1.29 is 14.6 Å². The molecule has 24 heavy (non-hydrogen) atoms. The van der Waals surface area contributed by atoms with Crippen molar-refractivity contribution in [2.24, 2.45) is 0 Å². The lowest BCUT2D eigenvalue weighted by Crippen LogP contribution is -2.54. The normalized spacial score (nSPS) is 23.6. The summed E-state index contributed by atoms with van der Waals surface area (Å²) < 4.78 is 5.79. The zero-order chi connectivity index (χ0) is 17.6. The minimum absolute atomic E-state index is 0.0514. The molecule has 2 rings (SSSR count). The molecule has 0 radical (unpaired) electrons. The Kier molecular flexibility index (Phi) is 6.63. The van der Waals surface area contributed by atoms with E-state index in [1.165, 1.54) is 0 Å². The number of carbonyl (C=O) groups is 1. The Morgan fingerprint density at radius 3 is 2.75 bits per heavy atom. The molecule has 0 unspecified atom stereocenters. The molecule has 2 N–H and O–H groups in total. The number of ether oxygens (including phenoxy) is 1. The first-order chi connectivity index (χ1) is 11.4. The Hall–Kier alpha value is -1.59. The summed E-state index contributed by atoms with van der Waals surface area (Å²) in [6.45, 7) is 8.24. The largest absolute Gasteiger partial charge is 0.393 e. The summed E-state index contributed by atoms with van der Waals surface area (Å²) in [6, 6.07) is 9.98. The van der Waals surface area contributed by atoms with Gasteiger partial charge < -0.3 is 20.1 Å². The molecule has 3 atom stereocenters. The third-order valence-electron chi connectivity index (χ3n) is 4.77. The summed E-state index contributed by atoms with van der Waals surface area (Å²) in [4.78, 5) is 14.4. The summed E-state index contributed by atoms with van der Waals surface area (Å²) in [5.74, 6) is 0.105. The van der Waals surface area contributed by atoms with Crippen LogP contribution in [0.4, 0.5) is 4.79 Å². The van der Waals surface area contributed by atoms with Gasteiger partial charge in [-0.2, -0.15) is 0 Å². The smallest absolute Gasteiger partial charge is 0.317 e. The molecule has 0 aromatic heterocycles. The minimum Gasteiger partial charge on any atom is -0.393 e. The van der Waals surface area contributed by atoms with Crippen molar-refractivity contribution in [1.82, 2.24) is 10.2 Å². The predicted molar refractivity (Wildman–Crippen MR) is 95.1 cm³/mol. The molecule has 1 heterocycles. The predicted octanol–water partition coefficient (Wildman–Crippen LogP) is 2.75. The van der Waals surface area contributed by atoms with Gasteiger partial charge in [0.05, 0.1) is 24.9 Å². The third-order valence-corrected chi connectivity index (χ3v) is 4.77. The van der Waals surface area contributed by atoms with E-state index in [1.807, 2.05) is 42.2 Å². The highest BCUT2D eigenvalue weighted by Gasteiger charge is 2.32. The maximum absolute atomic E-state index is 12.5. The van der Waals surface area contributed by atoms with Crippen molar-refractivity contribution in [2.75, 3.05) is 26.2 Å². The highest BCUT2D eigenvalue weighted by Crippen LogP contribution is 2.22. The molecule has 5 nitrogen and oxygen atoms in total. The van der Waals surface area contributed by atoms with Crippen LogP contribution in [0.25, 0.3) is 0 Å². The van der Waals surface area contributed by atoms with Crippen LogP contribution in [-0.4, -0.2) is 54.0 Å². The van der Waals surface area contributed by atoms with Gasteiger partial charge >= 0.3 is 6.03 Å². The molecule has 1 aromatic carbocycles. The number of nitrogens with zero attached hydrogens (tertiary/aromatic N) is 1. The Bertz CT molecular complexity index is 521. The van der Waals surface area contributed by atoms with Crippen LogP contribution in [0.15, 0.2) is 30.3 Å². The number of aliphatic hydroxyl groups is 1. The molecule has 0 spiro atoms. The molecule has 1 fully saturated rings. The Labute approximate surface area is 145 Å². The number of carbonyl (C=O) groups excluding carboxylic acids is 1. The third kappa shape index (κ3) is 5.21. The average Bonchev–Trinajstić information content (AvgIpc) is 2.59. The van der Waals surface area contributed by atoms with E-state index in [9.17, 15) is 9.90 Å². The lowest BCUT2D eigenvalue weighted by Gasteiger charge is -2.40. The van der Waals surface area contributed by atoms with Gasteiger partial charge in [0.25, 0.3) is 0 Å². The van der Waals surface area contributed by atoms with Gasteiger partial charge in [0.2, 0.25) is 0 Å². The van der Waals surface area contributed by atoms with Gasteiger partial charge in [0, 0.05) is 19.0 Å². The topological polar surface area (TPSA) is 61.8 Å². The highest BCUT2D eigenvalue weighted by atomic mass is 16.5. The van der Waals surface area contributed by atoms with Gasteiger partial charge in [-0.3, -0.25) is 0 Å². The summed E-state index contributed by atoms with van der Waals surface area (Å²) in [5.41, 5.74) is 0.882. The maximum atomic E-state index is 12.5. The molecule has 0 aliphatic carbocycles. The van der Waals surface area contributed by atoms with Crippen molar-refractivity contribution in [3.63, 3.8) is 0 Å². The second kappa shape index (κ2) is 8.49. The van der Waals surface area contributed by atoms with Gasteiger partial charge in [-0.15, -0.1) is 0 Å². The van der Waals surface area contributed by atoms with E-state index in [0.29, 0.717) is 32.7 Å². The SMILES string of the molecule is CC[C@]1(C)CN(C(=O)NC[C@H](C[C@@H](C)O)c2ccccc2)CCO1. The number of amides is 2. The van der Waals surface area contributed by atoms with Crippen molar-refractivity contribution in [3.8, 4) is 0 Å². The van der Waals surface area contributed by atoms with E-state index >= 15 is 0 Å². The maximum Gasteiger partial charge on any atom is 0.317 e.